The van der Waals surface area contributed by atoms with Crippen LogP contribution in [0.2, 0.25) is 0 Å². The molecular weight excluding hydrogens is 629 g/mol. The number of piperidine rings is 2. The maximum atomic E-state index is 14.8. The summed E-state index contributed by atoms with van der Waals surface area (Å²) in [6, 6.07) is 19.3. The quantitative estimate of drug-likeness (QED) is 0.219. The molecule has 3 aromatic carbocycles. The van der Waals surface area contributed by atoms with Gasteiger partial charge in [0.25, 0.3) is 5.91 Å². The molecule has 3 aliphatic heterocycles. The van der Waals surface area contributed by atoms with Gasteiger partial charge in [-0.15, -0.1) is 0 Å². The molecule has 3 fully saturated rings. The van der Waals surface area contributed by atoms with Crippen LogP contribution in [0.15, 0.2) is 66.7 Å². The number of rotatable bonds is 7. The molecule has 0 spiro atoms. The van der Waals surface area contributed by atoms with Crippen LogP contribution in [-0.4, -0.2) is 66.1 Å². The highest BCUT2D eigenvalue weighted by molar-refractivity contribution is 6.10. The third kappa shape index (κ3) is 6.48. The summed E-state index contributed by atoms with van der Waals surface area (Å²) in [5, 5.41) is 3.97. The summed E-state index contributed by atoms with van der Waals surface area (Å²) in [5.74, 6) is 0.763. The second kappa shape index (κ2) is 12.9. The normalized spacial score (nSPS) is 19.9. The molecule has 7 nitrogen and oxygen atoms in total. The highest BCUT2D eigenvalue weighted by Crippen LogP contribution is 2.47. The number of hydrogen-bond acceptors (Lipinski definition) is 6. The first kappa shape index (κ1) is 32.1. The standard InChI is InChI=1S/C39H41F3N4O3/c40-39(41,42)28-11-7-8-26(22-28)36-31(25-45-18-12-29(13-19-45)46-16-5-2-6-17-46)35(30-23-33-34(24-32(30)43-36)49-21-20-48-33)37(47)44-38(14-15-38)27-9-3-1-4-10-27/h1,3-4,7-11,22-24,29H,2,5-6,12-21,25H2,(H,44,47). The number of likely N-dealkylation sites (tertiary alicyclic amines) is 2. The van der Waals surface area contributed by atoms with Gasteiger partial charge in [-0.2, -0.15) is 13.2 Å². The average Bonchev–Trinajstić information content (AvgIpc) is 3.91. The van der Waals surface area contributed by atoms with Crippen LogP contribution >= 0.6 is 0 Å². The minimum atomic E-state index is -4.53. The summed E-state index contributed by atoms with van der Waals surface area (Å²) in [5.41, 5.74) is 2.01. The lowest BCUT2D eigenvalue weighted by molar-refractivity contribution is -0.137. The zero-order valence-electron chi connectivity index (χ0n) is 27.5. The first-order valence-electron chi connectivity index (χ1n) is 17.6. The monoisotopic (exact) mass is 670 g/mol. The van der Waals surface area contributed by atoms with Crippen LogP contribution < -0.4 is 14.8 Å². The van der Waals surface area contributed by atoms with E-state index in [2.05, 4.69) is 15.1 Å². The molecular formula is C39H41F3N4O3. The van der Waals surface area contributed by atoms with Crippen molar-refractivity contribution in [2.45, 2.75) is 69.2 Å². The Balaban J connectivity index is 1.25. The van der Waals surface area contributed by atoms with Gasteiger partial charge in [0.2, 0.25) is 0 Å². The topological polar surface area (TPSA) is 66.9 Å². The number of benzene rings is 3. The van der Waals surface area contributed by atoms with Gasteiger partial charge in [-0.3, -0.25) is 9.69 Å². The number of halogens is 3. The van der Waals surface area contributed by atoms with Gasteiger partial charge < -0.3 is 19.7 Å². The molecule has 1 amide bonds. The maximum Gasteiger partial charge on any atom is 0.416 e. The Bertz CT molecular complexity index is 1850. The Kier molecular flexibility index (Phi) is 8.48. The molecule has 0 unspecified atom stereocenters. The lowest BCUT2D eigenvalue weighted by Crippen LogP contribution is -2.46. The van der Waals surface area contributed by atoms with Gasteiger partial charge in [0.05, 0.1) is 27.9 Å². The van der Waals surface area contributed by atoms with E-state index in [1.165, 1.54) is 25.3 Å². The van der Waals surface area contributed by atoms with Crippen LogP contribution in [0.4, 0.5) is 13.2 Å². The Morgan fingerprint density at radius 2 is 1.59 bits per heavy atom. The van der Waals surface area contributed by atoms with Crippen molar-refractivity contribution >= 4 is 16.8 Å². The minimum absolute atomic E-state index is 0.267. The minimum Gasteiger partial charge on any atom is -0.486 e. The van der Waals surface area contributed by atoms with Crippen LogP contribution in [-0.2, 0) is 18.3 Å². The molecule has 4 heterocycles. The molecule has 8 rings (SSSR count). The third-order valence-corrected chi connectivity index (χ3v) is 10.7. The molecule has 256 valence electrons. The summed E-state index contributed by atoms with van der Waals surface area (Å²) >= 11 is 0. The van der Waals surface area contributed by atoms with Crippen molar-refractivity contribution in [3.63, 3.8) is 0 Å². The number of amides is 1. The zero-order chi connectivity index (χ0) is 33.6. The van der Waals surface area contributed by atoms with Gasteiger partial charge >= 0.3 is 6.18 Å². The molecule has 0 bridgehead atoms. The third-order valence-electron chi connectivity index (χ3n) is 10.7. The van der Waals surface area contributed by atoms with E-state index in [0.717, 1.165) is 69.6 Å². The molecule has 49 heavy (non-hydrogen) atoms. The molecule has 10 heteroatoms. The summed E-state index contributed by atoms with van der Waals surface area (Å²) in [4.78, 5) is 24.7. The zero-order valence-corrected chi connectivity index (χ0v) is 27.5. The van der Waals surface area contributed by atoms with Crippen molar-refractivity contribution in [3.8, 4) is 22.8 Å². The van der Waals surface area contributed by atoms with Crippen molar-refractivity contribution in [2.24, 2.45) is 0 Å². The number of alkyl halides is 3. The predicted molar refractivity (Wildman–Crippen MR) is 182 cm³/mol. The number of carbonyl (C=O) groups excluding carboxylic acids is 1. The number of pyridine rings is 1. The van der Waals surface area contributed by atoms with Gasteiger partial charge in [-0.1, -0.05) is 48.9 Å². The molecule has 1 aliphatic carbocycles. The number of fused-ring (bicyclic) bond motifs is 2. The maximum absolute atomic E-state index is 14.8. The lowest BCUT2D eigenvalue weighted by atomic mass is 9.92. The van der Waals surface area contributed by atoms with E-state index in [0.29, 0.717) is 70.6 Å². The molecule has 4 aliphatic rings. The van der Waals surface area contributed by atoms with E-state index in [9.17, 15) is 18.0 Å². The average molecular weight is 671 g/mol. The van der Waals surface area contributed by atoms with E-state index in [1.54, 1.807) is 12.1 Å². The first-order valence-corrected chi connectivity index (χ1v) is 17.6. The summed E-state index contributed by atoms with van der Waals surface area (Å²) < 4.78 is 53.9. The largest absolute Gasteiger partial charge is 0.486 e. The van der Waals surface area contributed by atoms with Crippen molar-refractivity contribution in [1.82, 2.24) is 20.1 Å². The predicted octanol–water partition coefficient (Wildman–Crippen LogP) is 7.56. The molecule has 1 N–H and O–H groups in total. The van der Waals surface area contributed by atoms with E-state index in [-0.39, 0.29) is 5.91 Å². The van der Waals surface area contributed by atoms with Crippen LogP contribution in [0.25, 0.3) is 22.2 Å². The molecule has 0 radical (unpaired) electrons. The highest BCUT2D eigenvalue weighted by atomic mass is 19.4. The van der Waals surface area contributed by atoms with Gasteiger partial charge in [-0.05, 0) is 88.5 Å². The first-order chi connectivity index (χ1) is 23.8. The van der Waals surface area contributed by atoms with E-state index < -0.39 is 17.3 Å². The smallest absolute Gasteiger partial charge is 0.416 e. The second-order valence-corrected chi connectivity index (χ2v) is 13.9. The van der Waals surface area contributed by atoms with Crippen LogP contribution in [0.1, 0.15) is 72.0 Å². The summed E-state index contributed by atoms with van der Waals surface area (Å²) in [6.07, 6.45) is 2.88. The summed E-state index contributed by atoms with van der Waals surface area (Å²) in [6.45, 7) is 5.08. The fourth-order valence-electron chi connectivity index (χ4n) is 7.93. The van der Waals surface area contributed by atoms with Gasteiger partial charge in [0, 0.05) is 35.2 Å². The fraction of sp³-hybridized carbons (Fsp3) is 0.436. The lowest BCUT2D eigenvalue weighted by Gasteiger charge is -2.40. The van der Waals surface area contributed by atoms with Gasteiger partial charge in [0.15, 0.2) is 11.5 Å². The van der Waals surface area contributed by atoms with Crippen LogP contribution in [0.5, 0.6) is 11.5 Å². The van der Waals surface area contributed by atoms with E-state index in [4.69, 9.17) is 14.5 Å². The number of carbonyl (C=O) groups is 1. The number of hydrogen-bond donors (Lipinski definition) is 1. The van der Waals surface area contributed by atoms with E-state index >= 15 is 0 Å². The van der Waals surface area contributed by atoms with Crippen molar-refractivity contribution < 1.29 is 27.4 Å². The Labute approximate surface area is 284 Å². The summed E-state index contributed by atoms with van der Waals surface area (Å²) in [7, 11) is 0. The Morgan fingerprint density at radius 3 is 2.29 bits per heavy atom. The Morgan fingerprint density at radius 1 is 0.878 bits per heavy atom. The SMILES string of the molecule is O=C(NC1(c2ccccc2)CC1)c1c(CN2CCC(N3CCCCC3)CC2)c(-c2cccc(C(F)(F)F)c2)nc2cc3c(cc12)OCCO3. The van der Waals surface area contributed by atoms with Gasteiger partial charge in [0.1, 0.15) is 13.2 Å². The van der Waals surface area contributed by atoms with Crippen LogP contribution in [0, 0.1) is 0 Å². The highest BCUT2D eigenvalue weighted by Gasteiger charge is 2.46. The van der Waals surface area contributed by atoms with Crippen LogP contribution in [0.3, 0.4) is 0 Å². The van der Waals surface area contributed by atoms with Gasteiger partial charge in [-0.25, -0.2) is 4.98 Å². The van der Waals surface area contributed by atoms with Crippen molar-refractivity contribution in [2.75, 3.05) is 39.4 Å². The molecule has 0 atom stereocenters. The number of nitrogens with one attached hydrogen (secondary N) is 1. The number of ether oxygens (including phenoxy) is 2. The fourth-order valence-corrected chi connectivity index (χ4v) is 7.93. The molecule has 1 aromatic heterocycles. The molecule has 4 aromatic rings. The van der Waals surface area contributed by atoms with E-state index in [1.807, 2.05) is 36.4 Å². The molecule has 2 saturated heterocycles. The van der Waals surface area contributed by atoms with Crippen molar-refractivity contribution in [1.29, 1.82) is 0 Å². The number of nitrogens with zero attached hydrogens (tertiary/aromatic N) is 3. The molecule has 1 saturated carbocycles. The second-order valence-electron chi connectivity index (χ2n) is 13.9. The van der Waals surface area contributed by atoms with Crippen molar-refractivity contribution in [3.05, 3.63) is 89.0 Å². The Hall–Kier alpha value is -4.15. The number of aromatic nitrogens is 1.